The van der Waals surface area contributed by atoms with Gasteiger partial charge in [0.15, 0.2) is 5.65 Å². The number of aliphatic imine (C=N–C) groups is 2. The third kappa shape index (κ3) is 4.19. The predicted octanol–water partition coefficient (Wildman–Crippen LogP) is 1.85. The van der Waals surface area contributed by atoms with E-state index in [1.165, 1.54) is 0 Å². The average Bonchev–Trinajstić information content (AvgIpc) is 2.56. The normalized spacial score (nSPS) is 10.3. The van der Waals surface area contributed by atoms with Crippen molar-refractivity contribution < 1.29 is 0 Å². The Bertz CT molecular complexity index is 736. The summed E-state index contributed by atoms with van der Waals surface area (Å²) in [6.45, 7) is 0. The van der Waals surface area contributed by atoms with E-state index in [-0.39, 0.29) is 0 Å². The molecular formula is C18H28N8. The molecule has 0 saturated carbocycles. The standard InChI is InChI=1S/C18H28N8/c1-23(2)17(24(3)4)21-13-9-11-19-16-15(13)14(10-12-20-16)22-18(25(5)6)26(7)8/h9-12H,1-8H3. The van der Waals surface area contributed by atoms with Gasteiger partial charge in [-0.05, 0) is 12.1 Å². The van der Waals surface area contributed by atoms with Gasteiger partial charge in [0.25, 0.3) is 0 Å². The van der Waals surface area contributed by atoms with Crippen LogP contribution in [0.1, 0.15) is 0 Å². The number of guanidine groups is 2. The Morgan fingerprint density at radius 2 is 1.00 bits per heavy atom. The molecule has 0 aliphatic rings. The number of aromatic nitrogens is 2. The highest BCUT2D eigenvalue weighted by atomic mass is 15.3. The van der Waals surface area contributed by atoms with Gasteiger partial charge >= 0.3 is 0 Å². The van der Waals surface area contributed by atoms with Crippen LogP contribution in [0.25, 0.3) is 11.0 Å². The smallest absolute Gasteiger partial charge is 0.200 e. The summed E-state index contributed by atoms with van der Waals surface area (Å²) in [5.74, 6) is 1.66. The van der Waals surface area contributed by atoms with Crippen LogP contribution in [0.15, 0.2) is 34.5 Å². The second-order valence-electron chi connectivity index (χ2n) is 6.76. The van der Waals surface area contributed by atoms with Gasteiger partial charge in [-0.15, -0.1) is 0 Å². The molecule has 2 heterocycles. The molecule has 0 aliphatic heterocycles. The summed E-state index contributed by atoms with van der Waals surface area (Å²) in [5, 5.41) is 0.831. The molecule has 2 aromatic rings. The summed E-state index contributed by atoms with van der Waals surface area (Å²) < 4.78 is 0. The van der Waals surface area contributed by atoms with Crippen LogP contribution in [-0.2, 0) is 0 Å². The number of pyridine rings is 2. The van der Waals surface area contributed by atoms with Crippen molar-refractivity contribution in [3.63, 3.8) is 0 Å². The molecule has 0 fully saturated rings. The number of rotatable bonds is 2. The first-order chi connectivity index (χ1) is 12.2. The topological polar surface area (TPSA) is 63.5 Å². The first-order valence-electron chi connectivity index (χ1n) is 8.32. The molecule has 140 valence electrons. The number of fused-ring (bicyclic) bond motifs is 1. The molecule has 0 atom stereocenters. The molecule has 0 aromatic carbocycles. The largest absolute Gasteiger partial charge is 0.349 e. The van der Waals surface area contributed by atoms with Crippen LogP contribution in [0, 0.1) is 0 Å². The zero-order valence-electron chi connectivity index (χ0n) is 16.9. The third-order valence-corrected chi connectivity index (χ3v) is 3.64. The maximum atomic E-state index is 4.84. The minimum Gasteiger partial charge on any atom is -0.349 e. The van der Waals surface area contributed by atoms with Gasteiger partial charge in [-0.1, -0.05) is 0 Å². The monoisotopic (exact) mass is 356 g/mol. The van der Waals surface area contributed by atoms with Crippen LogP contribution >= 0.6 is 0 Å². The van der Waals surface area contributed by atoms with Gasteiger partial charge in [0.1, 0.15) is 0 Å². The fraction of sp³-hybridized carbons (Fsp3) is 0.444. The molecular weight excluding hydrogens is 328 g/mol. The summed E-state index contributed by atoms with van der Waals surface area (Å²) in [4.78, 5) is 26.3. The van der Waals surface area contributed by atoms with Crippen molar-refractivity contribution in [2.75, 3.05) is 56.4 Å². The van der Waals surface area contributed by atoms with Crippen LogP contribution in [0.5, 0.6) is 0 Å². The fourth-order valence-electron chi connectivity index (χ4n) is 2.65. The quantitative estimate of drug-likeness (QED) is 0.604. The molecule has 0 N–H and O–H groups in total. The van der Waals surface area contributed by atoms with E-state index < -0.39 is 0 Å². The summed E-state index contributed by atoms with van der Waals surface area (Å²) in [5.41, 5.74) is 2.20. The Balaban J connectivity index is 2.75. The Hall–Kier alpha value is -2.90. The molecule has 0 spiro atoms. The van der Waals surface area contributed by atoms with Gasteiger partial charge in [-0.3, -0.25) is 0 Å². The van der Waals surface area contributed by atoms with Crippen LogP contribution < -0.4 is 0 Å². The molecule has 0 amide bonds. The Labute approximate surface area is 155 Å². The van der Waals surface area contributed by atoms with Crippen molar-refractivity contribution in [3.05, 3.63) is 24.5 Å². The van der Waals surface area contributed by atoms with Gasteiger partial charge in [0.2, 0.25) is 11.9 Å². The van der Waals surface area contributed by atoms with Gasteiger partial charge in [-0.25, -0.2) is 20.0 Å². The van der Waals surface area contributed by atoms with E-state index >= 15 is 0 Å². The van der Waals surface area contributed by atoms with Crippen LogP contribution in [-0.4, -0.2) is 97.9 Å². The predicted molar refractivity (Wildman–Crippen MR) is 108 cm³/mol. The third-order valence-electron chi connectivity index (χ3n) is 3.64. The molecule has 0 saturated heterocycles. The van der Waals surface area contributed by atoms with E-state index in [0.717, 1.165) is 28.7 Å². The highest BCUT2D eigenvalue weighted by molar-refractivity contribution is 6.00. The van der Waals surface area contributed by atoms with Gasteiger partial charge in [0, 0.05) is 68.8 Å². The molecule has 0 aliphatic carbocycles. The Morgan fingerprint density at radius 1 is 0.654 bits per heavy atom. The van der Waals surface area contributed by atoms with Crippen LogP contribution in [0.3, 0.4) is 0 Å². The van der Waals surface area contributed by atoms with E-state index in [2.05, 4.69) is 9.97 Å². The van der Waals surface area contributed by atoms with Crippen LogP contribution in [0.4, 0.5) is 11.4 Å². The highest BCUT2D eigenvalue weighted by Crippen LogP contribution is 2.32. The first-order valence-corrected chi connectivity index (χ1v) is 8.32. The number of hydrogen-bond acceptors (Lipinski definition) is 4. The van der Waals surface area contributed by atoms with E-state index in [4.69, 9.17) is 9.98 Å². The average molecular weight is 356 g/mol. The zero-order chi connectivity index (χ0) is 19.4. The van der Waals surface area contributed by atoms with Crippen molar-refractivity contribution in [3.8, 4) is 0 Å². The molecule has 26 heavy (non-hydrogen) atoms. The Kier molecular flexibility index (Phi) is 5.97. The SMILES string of the molecule is CN(C)C(=Nc1ccnc2nccc(N=C(N(C)C)N(C)C)c12)N(C)C. The first kappa shape index (κ1) is 19.4. The maximum Gasteiger partial charge on any atom is 0.200 e. The fourth-order valence-corrected chi connectivity index (χ4v) is 2.65. The van der Waals surface area contributed by atoms with Crippen molar-refractivity contribution >= 4 is 34.3 Å². The lowest BCUT2D eigenvalue weighted by Crippen LogP contribution is -2.35. The van der Waals surface area contributed by atoms with Gasteiger partial charge in [0.05, 0.1) is 16.8 Å². The summed E-state index contributed by atoms with van der Waals surface area (Å²) >= 11 is 0. The van der Waals surface area contributed by atoms with E-state index in [1.54, 1.807) is 12.4 Å². The lowest BCUT2D eigenvalue weighted by atomic mass is 10.2. The van der Waals surface area contributed by atoms with Crippen molar-refractivity contribution in [2.45, 2.75) is 0 Å². The van der Waals surface area contributed by atoms with Gasteiger partial charge in [-0.2, -0.15) is 0 Å². The molecule has 0 unspecified atom stereocenters. The second-order valence-corrected chi connectivity index (χ2v) is 6.76. The highest BCUT2D eigenvalue weighted by Gasteiger charge is 2.13. The number of hydrogen-bond donors (Lipinski definition) is 0. The molecule has 0 bridgehead atoms. The molecule has 2 aromatic heterocycles. The van der Waals surface area contributed by atoms with Crippen LogP contribution in [0.2, 0.25) is 0 Å². The van der Waals surface area contributed by atoms with Crippen molar-refractivity contribution in [2.24, 2.45) is 9.98 Å². The number of nitrogens with zero attached hydrogens (tertiary/aromatic N) is 8. The molecule has 0 radical (unpaired) electrons. The minimum absolute atomic E-state index is 0.626. The molecule has 2 rings (SSSR count). The van der Waals surface area contributed by atoms with E-state index in [1.807, 2.05) is 88.1 Å². The summed E-state index contributed by atoms with van der Waals surface area (Å²) in [6.07, 6.45) is 3.45. The zero-order valence-corrected chi connectivity index (χ0v) is 16.9. The summed E-state index contributed by atoms with van der Waals surface area (Å²) in [7, 11) is 15.7. The van der Waals surface area contributed by atoms with Crippen molar-refractivity contribution in [1.82, 2.24) is 29.6 Å². The van der Waals surface area contributed by atoms with E-state index in [9.17, 15) is 0 Å². The second kappa shape index (κ2) is 7.99. The van der Waals surface area contributed by atoms with Gasteiger partial charge < -0.3 is 19.6 Å². The lowest BCUT2D eigenvalue weighted by Gasteiger charge is -2.23. The minimum atomic E-state index is 0.626. The summed E-state index contributed by atoms with van der Waals surface area (Å²) in [6, 6.07) is 3.78. The van der Waals surface area contributed by atoms with E-state index in [0.29, 0.717) is 5.65 Å². The molecule has 8 nitrogen and oxygen atoms in total. The molecule has 8 heteroatoms. The Morgan fingerprint density at radius 3 is 1.31 bits per heavy atom. The maximum absolute atomic E-state index is 4.84. The lowest BCUT2D eigenvalue weighted by molar-refractivity contribution is 0.484. The van der Waals surface area contributed by atoms with Crippen molar-refractivity contribution in [1.29, 1.82) is 0 Å².